The molecule has 0 unspecified atom stereocenters. The molecule has 18 heavy (non-hydrogen) atoms. The van der Waals surface area contributed by atoms with E-state index in [-0.39, 0.29) is 0 Å². The molecule has 1 aromatic carbocycles. The predicted octanol–water partition coefficient (Wildman–Crippen LogP) is 3.32. The first-order valence-corrected chi connectivity index (χ1v) is 6.29. The largest absolute Gasteiger partial charge is 0.346 e. The van der Waals surface area contributed by atoms with Crippen molar-refractivity contribution in [2.24, 2.45) is 0 Å². The van der Waals surface area contributed by atoms with Crippen LogP contribution < -0.4 is 0 Å². The van der Waals surface area contributed by atoms with Crippen molar-refractivity contribution in [3.8, 4) is 11.3 Å². The smallest absolute Gasteiger partial charge is 0.103 e. The number of aromatic nitrogens is 2. The van der Waals surface area contributed by atoms with Crippen LogP contribution in [0.15, 0.2) is 24.3 Å². The summed E-state index contributed by atoms with van der Waals surface area (Å²) in [5.41, 5.74) is 4.68. The van der Waals surface area contributed by atoms with Crippen molar-refractivity contribution in [2.45, 2.75) is 26.8 Å². The molecule has 96 valence electrons. The Balaban J connectivity index is 2.30. The van der Waals surface area contributed by atoms with Crippen LogP contribution in [-0.2, 0) is 0 Å². The van der Waals surface area contributed by atoms with E-state index in [9.17, 15) is 0 Å². The Morgan fingerprint density at radius 2 is 1.72 bits per heavy atom. The van der Waals surface area contributed by atoms with E-state index in [1.807, 2.05) is 6.92 Å². The average molecular weight is 243 g/mol. The molecule has 1 aromatic heterocycles. The van der Waals surface area contributed by atoms with Gasteiger partial charge < -0.3 is 9.88 Å². The molecule has 0 amide bonds. The van der Waals surface area contributed by atoms with Crippen LogP contribution in [0.1, 0.15) is 30.0 Å². The van der Waals surface area contributed by atoms with Crippen molar-refractivity contribution >= 4 is 0 Å². The molecule has 0 spiro atoms. The number of H-pyrrole nitrogens is 1. The molecule has 0 saturated carbocycles. The minimum atomic E-state index is 0.432. The maximum Gasteiger partial charge on any atom is 0.103 e. The van der Waals surface area contributed by atoms with Gasteiger partial charge in [0, 0.05) is 17.3 Å². The lowest BCUT2D eigenvalue weighted by molar-refractivity contribution is 0.321. The van der Waals surface area contributed by atoms with Gasteiger partial charge in [-0.25, -0.2) is 4.98 Å². The second-order valence-corrected chi connectivity index (χ2v) is 5.06. The van der Waals surface area contributed by atoms with Gasteiger partial charge in [0.1, 0.15) is 5.82 Å². The number of rotatable bonds is 3. The van der Waals surface area contributed by atoms with Crippen LogP contribution in [0, 0.1) is 13.8 Å². The Morgan fingerprint density at radius 3 is 2.17 bits per heavy atom. The van der Waals surface area contributed by atoms with Gasteiger partial charge in [-0.2, -0.15) is 0 Å². The van der Waals surface area contributed by atoms with Gasteiger partial charge in [-0.15, -0.1) is 0 Å². The third-order valence-corrected chi connectivity index (χ3v) is 3.44. The van der Waals surface area contributed by atoms with Gasteiger partial charge in [0.15, 0.2) is 0 Å². The summed E-state index contributed by atoms with van der Waals surface area (Å²) in [6, 6.07) is 9.10. The molecule has 1 N–H and O–H groups in total. The lowest BCUT2D eigenvalue weighted by Gasteiger charge is -2.20. The number of aryl methyl sites for hydroxylation is 2. The number of imidazole rings is 1. The maximum atomic E-state index is 4.52. The van der Waals surface area contributed by atoms with Gasteiger partial charge >= 0.3 is 0 Å². The van der Waals surface area contributed by atoms with Crippen molar-refractivity contribution in [1.82, 2.24) is 14.9 Å². The third kappa shape index (κ3) is 2.46. The molecule has 1 heterocycles. The van der Waals surface area contributed by atoms with Gasteiger partial charge in [-0.3, -0.25) is 0 Å². The first kappa shape index (κ1) is 12.8. The summed E-state index contributed by atoms with van der Waals surface area (Å²) in [6.07, 6.45) is 0. The number of aromatic amines is 1. The van der Waals surface area contributed by atoms with E-state index in [0.717, 1.165) is 17.2 Å². The molecule has 2 rings (SSSR count). The lowest BCUT2D eigenvalue weighted by Crippen LogP contribution is -2.16. The van der Waals surface area contributed by atoms with Crippen molar-refractivity contribution in [1.29, 1.82) is 0 Å². The molecule has 3 heteroatoms. The summed E-state index contributed by atoms with van der Waals surface area (Å²) < 4.78 is 0. The van der Waals surface area contributed by atoms with E-state index >= 15 is 0 Å². The topological polar surface area (TPSA) is 31.9 Å². The van der Waals surface area contributed by atoms with E-state index in [4.69, 9.17) is 0 Å². The molecule has 0 aliphatic rings. The van der Waals surface area contributed by atoms with E-state index in [1.165, 1.54) is 11.1 Å². The number of nitrogens with zero attached hydrogens (tertiary/aromatic N) is 2. The van der Waals surface area contributed by atoms with Crippen LogP contribution >= 0.6 is 0 Å². The SMILES string of the molecule is Cc1nc(-c2ccc([C@H](C)N(C)C)cc2)c(C)[nH]1. The van der Waals surface area contributed by atoms with Crippen LogP contribution in [-0.4, -0.2) is 29.0 Å². The Morgan fingerprint density at radius 1 is 1.11 bits per heavy atom. The molecular formula is C15H21N3. The highest BCUT2D eigenvalue weighted by molar-refractivity contribution is 5.62. The zero-order valence-corrected chi connectivity index (χ0v) is 11.8. The monoisotopic (exact) mass is 243 g/mol. The minimum Gasteiger partial charge on any atom is -0.346 e. The predicted molar refractivity (Wildman–Crippen MR) is 75.6 cm³/mol. The van der Waals surface area contributed by atoms with Gasteiger partial charge in [-0.05, 0) is 40.4 Å². The summed E-state index contributed by atoms with van der Waals surface area (Å²) in [4.78, 5) is 9.97. The first-order chi connectivity index (χ1) is 8.49. The van der Waals surface area contributed by atoms with Gasteiger partial charge in [0.05, 0.1) is 5.69 Å². The van der Waals surface area contributed by atoms with Gasteiger partial charge in [-0.1, -0.05) is 24.3 Å². The Hall–Kier alpha value is -1.61. The van der Waals surface area contributed by atoms with Crippen LogP contribution in [0.5, 0.6) is 0 Å². The number of nitrogens with one attached hydrogen (secondary N) is 1. The Bertz CT molecular complexity index is 523. The van der Waals surface area contributed by atoms with Gasteiger partial charge in [0.2, 0.25) is 0 Å². The molecule has 0 aliphatic heterocycles. The molecular weight excluding hydrogens is 222 g/mol. The zero-order chi connectivity index (χ0) is 13.3. The van der Waals surface area contributed by atoms with Crippen LogP contribution in [0.4, 0.5) is 0 Å². The molecule has 0 radical (unpaired) electrons. The van der Waals surface area contributed by atoms with E-state index in [0.29, 0.717) is 6.04 Å². The molecule has 2 aromatic rings. The zero-order valence-electron chi connectivity index (χ0n) is 11.8. The molecule has 0 saturated heterocycles. The maximum absolute atomic E-state index is 4.52. The quantitative estimate of drug-likeness (QED) is 0.896. The fourth-order valence-electron chi connectivity index (χ4n) is 2.11. The summed E-state index contributed by atoms with van der Waals surface area (Å²) >= 11 is 0. The van der Waals surface area contributed by atoms with Crippen molar-refractivity contribution in [2.75, 3.05) is 14.1 Å². The summed E-state index contributed by atoms with van der Waals surface area (Å²) in [6.45, 7) is 6.25. The summed E-state index contributed by atoms with van der Waals surface area (Å²) in [5, 5.41) is 0. The van der Waals surface area contributed by atoms with Crippen molar-refractivity contribution < 1.29 is 0 Å². The highest BCUT2D eigenvalue weighted by atomic mass is 15.1. The molecule has 0 fully saturated rings. The average Bonchev–Trinajstić information content (AvgIpc) is 2.67. The minimum absolute atomic E-state index is 0.432. The molecule has 0 bridgehead atoms. The highest BCUT2D eigenvalue weighted by Gasteiger charge is 2.10. The second-order valence-electron chi connectivity index (χ2n) is 5.06. The molecule has 1 atom stereocenters. The van der Waals surface area contributed by atoms with Crippen LogP contribution in [0.25, 0.3) is 11.3 Å². The Kier molecular flexibility index (Phi) is 3.53. The number of benzene rings is 1. The van der Waals surface area contributed by atoms with E-state index in [1.54, 1.807) is 0 Å². The third-order valence-electron chi connectivity index (χ3n) is 3.44. The second kappa shape index (κ2) is 4.94. The van der Waals surface area contributed by atoms with Crippen LogP contribution in [0.3, 0.4) is 0 Å². The fraction of sp³-hybridized carbons (Fsp3) is 0.400. The van der Waals surface area contributed by atoms with E-state index < -0.39 is 0 Å². The van der Waals surface area contributed by atoms with E-state index in [2.05, 4.69) is 67.1 Å². The van der Waals surface area contributed by atoms with Crippen molar-refractivity contribution in [3.05, 3.63) is 41.3 Å². The normalized spacial score (nSPS) is 13.0. The standard InChI is InChI=1S/C15H21N3/c1-10-15(17-12(3)16-10)14-8-6-13(7-9-14)11(2)18(4)5/h6-9,11H,1-5H3,(H,16,17)/t11-/m0/s1. The summed E-state index contributed by atoms with van der Waals surface area (Å²) in [5.74, 6) is 0.966. The Labute approximate surface area is 109 Å². The highest BCUT2D eigenvalue weighted by Crippen LogP contribution is 2.24. The van der Waals surface area contributed by atoms with Crippen molar-refractivity contribution in [3.63, 3.8) is 0 Å². The first-order valence-electron chi connectivity index (χ1n) is 6.29. The fourth-order valence-corrected chi connectivity index (χ4v) is 2.11. The molecule has 0 aliphatic carbocycles. The van der Waals surface area contributed by atoms with Crippen LogP contribution in [0.2, 0.25) is 0 Å². The number of hydrogen-bond acceptors (Lipinski definition) is 2. The van der Waals surface area contributed by atoms with Gasteiger partial charge in [0.25, 0.3) is 0 Å². The number of hydrogen-bond donors (Lipinski definition) is 1. The lowest BCUT2D eigenvalue weighted by atomic mass is 10.0. The molecule has 3 nitrogen and oxygen atoms in total. The summed E-state index contributed by atoms with van der Waals surface area (Å²) in [7, 11) is 4.19.